The summed E-state index contributed by atoms with van der Waals surface area (Å²) in [4.78, 5) is 12.1. The minimum atomic E-state index is -0.394. The molecular weight excluding hydrogens is 358 g/mol. The summed E-state index contributed by atoms with van der Waals surface area (Å²) in [6, 6.07) is 7.53. The third-order valence-corrected chi connectivity index (χ3v) is 4.01. The van der Waals surface area contributed by atoms with Gasteiger partial charge in [-0.1, -0.05) is 19.4 Å². The van der Waals surface area contributed by atoms with Gasteiger partial charge in [-0.2, -0.15) is 5.26 Å². The second kappa shape index (κ2) is 14.4. The van der Waals surface area contributed by atoms with Crippen molar-refractivity contribution in [2.75, 3.05) is 40.5 Å². The molecule has 2 N–H and O–H groups in total. The van der Waals surface area contributed by atoms with Gasteiger partial charge in [0.2, 0.25) is 0 Å². The van der Waals surface area contributed by atoms with E-state index in [1.807, 2.05) is 24.3 Å². The Kier molecular flexibility index (Phi) is 12.0. The van der Waals surface area contributed by atoms with E-state index in [9.17, 15) is 4.79 Å². The van der Waals surface area contributed by atoms with Crippen molar-refractivity contribution in [1.29, 1.82) is 5.26 Å². The van der Waals surface area contributed by atoms with Crippen molar-refractivity contribution >= 4 is 5.91 Å². The Morgan fingerprint density at radius 3 is 2.57 bits per heavy atom. The van der Waals surface area contributed by atoms with E-state index >= 15 is 0 Å². The Balaban J connectivity index is 2.34. The number of hydrogen-bond acceptors (Lipinski definition) is 6. The second-order valence-electron chi connectivity index (χ2n) is 6.14. The normalized spacial score (nSPS) is 10.9. The lowest BCUT2D eigenvalue weighted by atomic mass is 10.1. The van der Waals surface area contributed by atoms with Crippen molar-refractivity contribution in [3.8, 4) is 17.6 Å². The number of nitrogens with zero attached hydrogens (tertiary/aromatic N) is 1. The molecule has 0 saturated heterocycles. The molecule has 0 radical (unpaired) electrons. The van der Waals surface area contributed by atoms with Crippen LogP contribution in [0.5, 0.6) is 11.5 Å². The van der Waals surface area contributed by atoms with Gasteiger partial charge in [0, 0.05) is 32.5 Å². The minimum Gasteiger partial charge on any atom is -0.493 e. The number of rotatable bonds is 14. The molecule has 0 bridgehead atoms. The monoisotopic (exact) mass is 389 g/mol. The Hall–Kier alpha value is -2.72. The Bertz CT molecular complexity index is 668. The average molecular weight is 389 g/mol. The fourth-order valence-electron chi connectivity index (χ4n) is 2.40. The predicted molar refractivity (Wildman–Crippen MR) is 108 cm³/mol. The van der Waals surface area contributed by atoms with Gasteiger partial charge in [-0.05, 0) is 37.0 Å². The Morgan fingerprint density at radius 2 is 1.89 bits per heavy atom. The summed E-state index contributed by atoms with van der Waals surface area (Å²) in [5.41, 5.74) is 1.06. The van der Waals surface area contributed by atoms with Crippen LogP contribution in [-0.4, -0.2) is 46.4 Å². The standard InChI is InChI=1S/C21H31N3O4/c1-4-5-12-28-13-6-10-23-16-18(15-22)21(25)24-11-9-17-7-8-19(26-2)20(14-17)27-3/h7-8,14,16,23H,4-6,9-13H2,1-3H3,(H,24,25)/b18-16-. The number of hydrogen-bond donors (Lipinski definition) is 2. The number of ether oxygens (including phenoxy) is 3. The molecule has 0 saturated carbocycles. The molecular formula is C21H31N3O4. The molecule has 1 rings (SSSR count). The molecule has 7 nitrogen and oxygen atoms in total. The molecule has 28 heavy (non-hydrogen) atoms. The molecule has 0 aliphatic rings. The topological polar surface area (TPSA) is 92.6 Å². The van der Waals surface area contributed by atoms with E-state index in [0.29, 0.717) is 37.6 Å². The number of unbranched alkanes of at least 4 members (excludes halogenated alkanes) is 1. The van der Waals surface area contributed by atoms with Crippen LogP contribution in [0, 0.1) is 11.3 Å². The van der Waals surface area contributed by atoms with Crippen molar-refractivity contribution in [2.45, 2.75) is 32.6 Å². The molecule has 0 atom stereocenters. The molecule has 1 aromatic rings. The SMILES string of the molecule is CCCCOCCCN/C=C(/C#N)C(=O)NCCc1ccc(OC)c(OC)c1. The highest BCUT2D eigenvalue weighted by atomic mass is 16.5. The fraction of sp³-hybridized carbons (Fsp3) is 0.524. The molecule has 1 amide bonds. The molecule has 0 aromatic heterocycles. The number of benzene rings is 1. The first-order valence-electron chi connectivity index (χ1n) is 9.56. The van der Waals surface area contributed by atoms with Crippen molar-refractivity contribution in [3.63, 3.8) is 0 Å². The van der Waals surface area contributed by atoms with E-state index in [0.717, 1.165) is 31.4 Å². The zero-order valence-electron chi connectivity index (χ0n) is 17.0. The van der Waals surface area contributed by atoms with Gasteiger partial charge in [-0.3, -0.25) is 4.79 Å². The molecule has 0 spiro atoms. The van der Waals surface area contributed by atoms with Crippen molar-refractivity contribution in [1.82, 2.24) is 10.6 Å². The number of nitrogens with one attached hydrogen (secondary N) is 2. The maximum Gasteiger partial charge on any atom is 0.263 e. The van der Waals surface area contributed by atoms with E-state index in [-0.39, 0.29) is 5.57 Å². The summed E-state index contributed by atoms with van der Waals surface area (Å²) in [6.45, 7) is 4.63. The van der Waals surface area contributed by atoms with Crippen LogP contribution in [0.15, 0.2) is 30.0 Å². The summed E-state index contributed by atoms with van der Waals surface area (Å²) in [6.07, 6.45) is 5.08. The molecule has 0 unspecified atom stereocenters. The van der Waals surface area contributed by atoms with Gasteiger partial charge in [0.15, 0.2) is 11.5 Å². The van der Waals surface area contributed by atoms with Gasteiger partial charge in [-0.25, -0.2) is 0 Å². The summed E-state index contributed by atoms with van der Waals surface area (Å²) in [7, 11) is 3.17. The lowest BCUT2D eigenvalue weighted by Gasteiger charge is -2.10. The average Bonchev–Trinajstić information content (AvgIpc) is 2.72. The second-order valence-corrected chi connectivity index (χ2v) is 6.14. The number of methoxy groups -OCH3 is 2. The maximum atomic E-state index is 12.1. The number of carbonyl (C=O) groups excluding carboxylic acids is 1. The zero-order chi connectivity index (χ0) is 20.6. The molecule has 154 valence electrons. The highest BCUT2D eigenvalue weighted by Crippen LogP contribution is 2.27. The first-order valence-corrected chi connectivity index (χ1v) is 9.56. The first-order chi connectivity index (χ1) is 13.7. The lowest BCUT2D eigenvalue weighted by Crippen LogP contribution is -2.27. The fourth-order valence-corrected chi connectivity index (χ4v) is 2.40. The first kappa shape index (κ1) is 23.3. The van der Waals surface area contributed by atoms with Crippen LogP contribution in [0.1, 0.15) is 31.7 Å². The predicted octanol–water partition coefficient (Wildman–Crippen LogP) is 2.57. The number of nitriles is 1. The van der Waals surface area contributed by atoms with Crippen molar-refractivity contribution in [3.05, 3.63) is 35.5 Å². The van der Waals surface area contributed by atoms with E-state index in [2.05, 4.69) is 17.6 Å². The number of amides is 1. The van der Waals surface area contributed by atoms with E-state index in [1.165, 1.54) is 6.20 Å². The van der Waals surface area contributed by atoms with Gasteiger partial charge in [0.05, 0.1) is 14.2 Å². The van der Waals surface area contributed by atoms with Crippen molar-refractivity contribution in [2.24, 2.45) is 0 Å². The molecule has 1 aromatic carbocycles. The zero-order valence-corrected chi connectivity index (χ0v) is 17.0. The van der Waals surface area contributed by atoms with Gasteiger partial charge in [0.25, 0.3) is 5.91 Å². The molecule has 0 aliphatic heterocycles. The molecule has 7 heteroatoms. The van der Waals surface area contributed by atoms with Crippen LogP contribution < -0.4 is 20.1 Å². The van der Waals surface area contributed by atoms with E-state index in [1.54, 1.807) is 14.2 Å². The lowest BCUT2D eigenvalue weighted by molar-refractivity contribution is -0.117. The largest absolute Gasteiger partial charge is 0.493 e. The molecule has 0 fully saturated rings. The Labute approximate surface area is 167 Å². The van der Waals surface area contributed by atoms with Crippen LogP contribution in [0.3, 0.4) is 0 Å². The highest BCUT2D eigenvalue weighted by molar-refractivity contribution is 5.97. The van der Waals surface area contributed by atoms with Gasteiger partial charge in [0.1, 0.15) is 11.6 Å². The highest BCUT2D eigenvalue weighted by Gasteiger charge is 2.09. The van der Waals surface area contributed by atoms with Crippen molar-refractivity contribution < 1.29 is 19.0 Å². The van der Waals surface area contributed by atoms with Crippen LogP contribution >= 0.6 is 0 Å². The summed E-state index contributed by atoms with van der Waals surface area (Å²) in [5.74, 6) is 0.910. The van der Waals surface area contributed by atoms with Crippen LogP contribution in [0.2, 0.25) is 0 Å². The number of carbonyl (C=O) groups is 1. The minimum absolute atomic E-state index is 0.0548. The van der Waals surface area contributed by atoms with Crippen LogP contribution in [0.25, 0.3) is 0 Å². The summed E-state index contributed by atoms with van der Waals surface area (Å²) < 4.78 is 15.9. The third-order valence-electron chi connectivity index (χ3n) is 4.01. The molecule has 0 heterocycles. The third kappa shape index (κ3) is 8.78. The maximum absolute atomic E-state index is 12.1. The summed E-state index contributed by atoms with van der Waals surface area (Å²) >= 11 is 0. The molecule has 0 aliphatic carbocycles. The quantitative estimate of drug-likeness (QED) is 0.289. The van der Waals surface area contributed by atoms with Crippen LogP contribution in [0.4, 0.5) is 0 Å². The van der Waals surface area contributed by atoms with E-state index in [4.69, 9.17) is 19.5 Å². The smallest absolute Gasteiger partial charge is 0.263 e. The van der Waals surface area contributed by atoms with Gasteiger partial charge >= 0.3 is 0 Å². The Morgan fingerprint density at radius 1 is 1.14 bits per heavy atom. The van der Waals surface area contributed by atoms with E-state index < -0.39 is 5.91 Å². The summed E-state index contributed by atoms with van der Waals surface area (Å²) in [5, 5.41) is 14.9. The van der Waals surface area contributed by atoms with Crippen LogP contribution in [-0.2, 0) is 16.0 Å². The van der Waals surface area contributed by atoms with Gasteiger partial charge in [-0.15, -0.1) is 0 Å². The van der Waals surface area contributed by atoms with Gasteiger partial charge < -0.3 is 24.8 Å².